The number of hydrogen-bond acceptors (Lipinski definition) is 0. The zero-order valence-corrected chi connectivity index (χ0v) is 21.8. The quantitative estimate of drug-likeness (QED) is 0.287. The first-order valence-electron chi connectivity index (χ1n) is 12.4. The maximum Gasteiger partial charge on any atom is 0.220 e. The minimum Gasteiger partial charge on any atom is -0.198 e. The molecule has 1 nitrogen and oxygen atoms in total. The second-order valence-corrected chi connectivity index (χ2v) is 17.0. The lowest BCUT2D eigenvalue weighted by molar-refractivity contribution is -0.665. The van der Waals surface area contributed by atoms with Crippen LogP contribution in [-0.2, 0) is 12.5 Å². The van der Waals surface area contributed by atoms with E-state index in [-0.39, 0.29) is 5.41 Å². The van der Waals surface area contributed by atoms with Crippen LogP contribution in [-0.4, -0.2) is 8.07 Å². The highest BCUT2D eigenvalue weighted by Crippen LogP contribution is 2.40. The highest BCUT2D eigenvalue weighted by atomic mass is 28.3. The van der Waals surface area contributed by atoms with Crippen LogP contribution in [0.5, 0.6) is 0 Å². The fourth-order valence-electron chi connectivity index (χ4n) is 5.15. The van der Waals surface area contributed by atoms with E-state index in [1.807, 2.05) is 0 Å². The summed E-state index contributed by atoms with van der Waals surface area (Å²) in [6.07, 6.45) is 2.63. The molecular formula is C29H40NSi+. The van der Waals surface area contributed by atoms with E-state index in [0.717, 1.165) is 11.1 Å². The number of pyridine rings is 1. The molecule has 0 atom stereocenters. The van der Waals surface area contributed by atoms with Crippen molar-refractivity contribution in [1.29, 1.82) is 0 Å². The average Bonchev–Trinajstić information content (AvgIpc) is 2.72. The number of fused-ring (bicyclic) bond motifs is 1. The van der Waals surface area contributed by atoms with Crippen molar-refractivity contribution in [1.82, 2.24) is 0 Å². The van der Waals surface area contributed by atoms with E-state index >= 15 is 0 Å². The van der Waals surface area contributed by atoms with Gasteiger partial charge in [0.2, 0.25) is 5.69 Å². The Kier molecular flexibility index (Phi) is 5.33. The number of nitrogens with zero attached hydrogens (tertiary/aromatic N) is 1. The van der Waals surface area contributed by atoms with Crippen LogP contribution in [0.4, 0.5) is 0 Å². The molecule has 0 bridgehead atoms. The van der Waals surface area contributed by atoms with E-state index in [0.29, 0.717) is 12.0 Å². The number of aryl methyl sites for hydroxylation is 1. The van der Waals surface area contributed by atoms with Gasteiger partial charge in [-0.25, -0.2) is 0 Å². The molecule has 31 heavy (non-hydrogen) atoms. The Labute approximate surface area is 191 Å². The molecule has 1 aliphatic rings. The maximum atomic E-state index is 8.94. The molecule has 2 aromatic carbocycles. The van der Waals surface area contributed by atoms with Gasteiger partial charge in [0, 0.05) is 21.0 Å². The first-order valence-corrected chi connectivity index (χ1v) is 15.3. The van der Waals surface area contributed by atoms with Crippen molar-refractivity contribution < 1.29 is 5.94 Å². The summed E-state index contributed by atoms with van der Waals surface area (Å²) < 4.78 is 11.2. The van der Waals surface area contributed by atoms with Crippen molar-refractivity contribution in [3.63, 3.8) is 0 Å². The fourth-order valence-corrected chi connectivity index (χ4v) is 7.66. The van der Waals surface area contributed by atoms with Crippen molar-refractivity contribution >= 4 is 18.8 Å². The van der Waals surface area contributed by atoms with Crippen molar-refractivity contribution in [2.75, 3.05) is 0 Å². The molecule has 0 radical (unpaired) electrons. The number of rotatable bonds is 2. The summed E-state index contributed by atoms with van der Waals surface area (Å²) in [7, 11) is 1.15. The minimum atomic E-state index is -0.967. The molecule has 0 saturated carbocycles. The predicted octanol–water partition coefficient (Wildman–Crippen LogP) is 7.83. The molecule has 3 aromatic rings. The molecular weight excluding hydrogens is 390 g/mol. The predicted molar refractivity (Wildman–Crippen MR) is 138 cm³/mol. The highest BCUT2D eigenvalue weighted by molar-refractivity contribution is 6.77. The third-order valence-corrected chi connectivity index (χ3v) is 10.9. The van der Waals surface area contributed by atoms with E-state index < -0.39 is 8.07 Å². The molecule has 0 spiro atoms. The summed E-state index contributed by atoms with van der Waals surface area (Å²) in [6.45, 7) is 16.2. The van der Waals surface area contributed by atoms with Gasteiger partial charge in [0.1, 0.15) is 7.05 Å². The smallest absolute Gasteiger partial charge is 0.198 e. The molecule has 2 heterocycles. The normalized spacial score (nSPS) is 17.7. The second-order valence-electron chi connectivity index (χ2n) is 11.6. The summed E-state index contributed by atoms with van der Waals surface area (Å²) in [5.41, 5.74) is 7.73. The molecule has 1 aromatic heterocycles. The van der Waals surface area contributed by atoms with Crippen LogP contribution >= 0.6 is 0 Å². The van der Waals surface area contributed by atoms with Crippen molar-refractivity contribution in [3.05, 3.63) is 64.8 Å². The van der Waals surface area contributed by atoms with E-state index in [1.54, 1.807) is 0 Å². The second kappa shape index (κ2) is 7.88. The van der Waals surface area contributed by atoms with Crippen molar-refractivity contribution in [3.8, 4) is 11.3 Å². The van der Waals surface area contributed by atoms with Gasteiger partial charge in [-0.1, -0.05) is 70.2 Å². The number of hydrogen-bond donors (Lipinski definition) is 0. The lowest BCUT2D eigenvalue weighted by Gasteiger charge is -2.33. The summed E-state index contributed by atoms with van der Waals surface area (Å²) >= 11 is 0. The van der Waals surface area contributed by atoms with E-state index in [1.165, 1.54) is 58.3 Å². The molecule has 0 unspecified atom stereocenters. The molecule has 0 N–H and O–H groups in total. The standard InChI is InChI=1S/C29H40NSi/c1-20-9-11-25(29(3,4)5)19-27(20)28-26-12-10-23(18-24(26)17-21(2)30(28)6)22-13-15-31(7,8)16-14-22/h9-12,17-19,22H,13-16H2,1-8H3/q+1/i17D. The van der Waals surface area contributed by atoms with E-state index in [4.69, 9.17) is 1.37 Å². The third-order valence-electron chi connectivity index (χ3n) is 7.62. The number of benzene rings is 2. The van der Waals surface area contributed by atoms with Gasteiger partial charge in [-0.05, 0) is 65.3 Å². The van der Waals surface area contributed by atoms with Gasteiger partial charge in [0.25, 0.3) is 0 Å². The molecule has 2 heteroatoms. The summed E-state index contributed by atoms with van der Waals surface area (Å²) in [5.74, 6) is 0.656. The van der Waals surface area contributed by atoms with Gasteiger partial charge in [-0.2, -0.15) is 4.57 Å². The molecule has 164 valence electrons. The summed E-state index contributed by atoms with van der Waals surface area (Å²) in [4.78, 5) is 0. The van der Waals surface area contributed by atoms with Crippen molar-refractivity contribution in [2.24, 2.45) is 7.05 Å². The third kappa shape index (κ3) is 4.37. The van der Waals surface area contributed by atoms with Crippen LogP contribution < -0.4 is 4.57 Å². The van der Waals surface area contributed by atoms with Gasteiger partial charge in [-0.3, -0.25) is 0 Å². The maximum absolute atomic E-state index is 8.94. The first kappa shape index (κ1) is 20.9. The molecule has 1 saturated heterocycles. The van der Waals surface area contributed by atoms with Gasteiger partial charge in [0.15, 0.2) is 5.69 Å². The minimum absolute atomic E-state index is 0.104. The molecule has 0 amide bonds. The van der Waals surface area contributed by atoms with Gasteiger partial charge in [-0.15, -0.1) is 0 Å². The van der Waals surface area contributed by atoms with Crippen molar-refractivity contribution in [2.45, 2.75) is 84.0 Å². The van der Waals surface area contributed by atoms with Crippen LogP contribution in [0.15, 0.2) is 42.4 Å². The Morgan fingerprint density at radius 3 is 2.32 bits per heavy atom. The van der Waals surface area contributed by atoms with Crippen LogP contribution in [0.2, 0.25) is 25.2 Å². The van der Waals surface area contributed by atoms with Gasteiger partial charge in [0.05, 0.1) is 12.3 Å². The Morgan fingerprint density at radius 1 is 1.00 bits per heavy atom. The molecule has 1 fully saturated rings. The van der Waals surface area contributed by atoms with E-state index in [9.17, 15) is 0 Å². The van der Waals surface area contributed by atoms with E-state index in [2.05, 4.69) is 95.7 Å². The zero-order chi connectivity index (χ0) is 23.4. The monoisotopic (exact) mass is 431 g/mol. The Bertz CT molecular complexity index is 1180. The Morgan fingerprint density at radius 2 is 1.68 bits per heavy atom. The molecule has 1 aliphatic heterocycles. The first-order chi connectivity index (χ1) is 14.9. The lowest BCUT2D eigenvalue weighted by atomic mass is 9.84. The van der Waals surface area contributed by atoms with Gasteiger partial charge >= 0.3 is 0 Å². The highest BCUT2D eigenvalue weighted by Gasteiger charge is 2.30. The molecule has 4 rings (SSSR count). The zero-order valence-electron chi connectivity index (χ0n) is 21.8. The average molecular weight is 432 g/mol. The van der Waals surface area contributed by atoms with Crippen LogP contribution in [0, 0.1) is 13.8 Å². The largest absolute Gasteiger partial charge is 0.220 e. The summed E-state index contributed by atoms with van der Waals surface area (Å²) in [5, 5.41) is 2.31. The SMILES string of the molecule is [2H]c1c(C)[n+](C)c(-c2cc(C(C)(C)C)ccc2C)c2ccc(C3CC[Si](C)(C)CC3)cc12. The lowest BCUT2D eigenvalue weighted by Crippen LogP contribution is -2.35. The van der Waals surface area contributed by atoms with Crippen LogP contribution in [0.1, 0.15) is 63.3 Å². The Hall–Kier alpha value is -1.93. The van der Waals surface area contributed by atoms with Gasteiger partial charge < -0.3 is 0 Å². The van der Waals surface area contributed by atoms with Crippen LogP contribution in [0.25, 0.3) is 22.0 Å². The van der Waals surface area contributed by atoms with Crippen LogP contribution in [0.3, 0.4) is 0 Å². The number of aromatic nitrogens is 1. The molecule has 0 aliphatic carbocycles. The topological polar surface area (TPSA) is 3.88 Å². The fraction of sp³-hybridized carbons (Fsp3) is 0.483. The Balaban J connectivity index is 1.90. The summed E-state index contributed by atoms with van der Waals surface area (Å²) in [6, 6.07) is 17.4.